The van der Waals surface area contributed by atoms with Crippen LogP contribution in [0.2, 0.25) is 0 Å². The number of rotatable bonds is 2. The maximum atomic E-state index is 13.7. The first-order valence-corrected chi connectivity index (χ1v) is 7.00. The Morgan fingerprint density at radius 3 is 2.86 bits per heavy atom. The Morgan fingerprint density at radius 2 is 2.14 bits per heavy atom. The van der Waals surface area contributed by atoms with Crippen molar-refractivity contribution in [2.75, 3.05) is 0 Å². The summed E-state index contributed by atoms with van der Waals surface area (Å²) in [5, 5.41) is 14.4. The van der Waals surface area contributed by atoms with Gasteiger partial charge in [-0.15, -0.1) is 0 Å². The Hall–Kier alpha value is -2.15. The molecule has 0 aliphatic carbocycles. The maximum Gasteiger partial charge on any atom is 0.258 e. The molecule has 0 atom stereocenters. The number of fused-ring (bicyclic) bond motifs is 1. The van der Waals surface area contributed by atoms with Gasteiger partial charge in [-0.3, -0.25) is 4.79 Å². The van der Waals surface area contributed by atoms with Crippen molar-refractivity contribution in [3.05, 3.63) is 61.7 Å². The summed E-state index contributed by atoms with van der Waals surface area (Å²) < 4.78 is 15.5. The molecule has 0 fully saturated rings. The van der Waals surface area contributed by atoms with Gasteiger partial charge in [-0.1, -0.05) is 18.2 Å². The zero-order valence-electron chi connectivity index (χ0n) is 11.0. The van der Waals surface area contributed by atoms with Crippen LogP contribution in [-0.4, -0.2) is 19.7 Å². The predicted octanol–water partition coefficient (Wildman–Crippen LogP) is 2.53. The van der Waals surface area contributed by atoms with E-state index in [2.05, 4.69) is 26.0 Å². The van der Waals surface area contributed by atoms with Gasteiger partial charge in [0, 0.05) is 6.42 Å². The van der Waals surface area contributed by atoms with Crippen LogP contribution in [0, 0.1) is 12.7 Å². The molecule has 0 aliphatic heterocycles. The second kappa shape index (κ2) is 5.00. The third-order valence-electron chi connectivity index (χ3n) is 3.29. The minimum absolute atomic E-state index is 0.0136. The first-order valence-electron chi connectivity index (χ1n) is 6.21. The summed E-state index contributed by atoms with van der Waals surface area (Å²) in [6.45, 7) is 1.74. The van der Waals surface area contributed by atoms with Crippen LogP contribution in [0.25, 0.3) is 5.65 Å². The highest BCUT2D eigenvalue weighted by Gasteiger charge is 2.18. The van der Waals surface area contributed by atoms with Crippen molar-refractivity contribution in [2.45, 2.75) is 13.3 Å². The quantitative estimate of drug-likeness (QED) is 0.745. The zero-order valence-corrected chi connectivity index (χ0v) is 12.6. The van der Waals surface area contributed by atoms with Crippen LogP contribution in [0.4, 0.5) is 4.39 Å². The van der Waals surface area contributed by atoms with Gasteiger partial charge in [0.05, 0.1) is 15.7 Å². The molecule has 1 aromatic carbocycles. The molecule has 7 heteroatoms. The summed E-state index contributed by atoms with van der Waals surface area (Å²) in [5.41, 5.74) is 0.934. The van der Waals surface area contributed by atoms with Gasteiger partial charge in [-0.2, -0.15) is 9.61 Å². The number of hydrogen-bond acceptors (Lipinski definition) is 3. The van der Waals surface area contributed by atoms with E-state index in [1.54, 1.807) is 25.1 Å². The van der Waals surface area contributed by atoms with Crippen LogP contribution in [0.15, 0.2) is 33.5 Å². The topological polar surface area (TPSA) is 70.4 Å². The highest BCUT2D eigenvalue weighted by Crippen LogP contribution is 2.25. The molecule has 0 saturated carbocycles. The maximum absolute atomic E-state index is 13.7. The highest BCUT2D eigenvalue weighted by molar-refractivity contribution is 9.10. The van der Waals surface area contributed by atoms with Crippen molar-refractivity contribution in [1.82, 2.24) is 14.6 Å². The zero-order chi connectivity index (χ0) is 15.1. The standard InChI is InChI=1S/C14H11BrFN3O2/c1-7-11(15)12-17-13(20)9(14(21)19(12)18-7)6-8-4-2-3-5-10(8)16/h2-5,21H,6H2,1H3,(H,17,20). The van der Waals surface area contributed by atoms with Gasteiger partial charge >= 0.3 is 0 Å². The molecular formula is C14H11BrFN3O2. The van der Waals surface area contributed by atoms with Crippen molar-refractivity contribution in [2.24, 2.45) is 0 Å². The summed E-state index contributed by atoms with van der Waals surface area (Å²) in [6.07, 6.45) is -0.0136. The van der Waals surface area contributed by atoms with E-state index in [-0.39, 0.29) is 17.9 Å². The normalized spacial score (nSPS) is 11.2. The van der Waals surface area contributed by atoms with Crippen LogP contribution < -0.4 is 5.56 Å². The average Bonchev–Trinajstić information content (AvgIpc) is 2.73. The number of nitrogens with one attached hydrogen (secondary N) is 1. The molecular weight excluding hydrogens is 341 g/mol. The fraction of sp³-hybridized carbons (Fsp3) is 0.143. The van der Waals surface area contributed by atoms with Crippen LogP contribution >= 0.6 is 15.9 Å². The van der Waals surface area contributed by atoms with E-state index in [9.17, 15) is 14.3 Å². The molecule has 2 N–H and O–H groups in total. The van der Waals surface area contributed by atoms with Crippen LogP contribution in [0.3, 0.4) is 0 Å². The first kappa shape index (κ1) is 13.8. The van der Waals surface area contributed by atoms with Crippen LogP contribution in [0.1, 0.15) is 16.8 Å². The number of hydrogen-bond donors (Lipinski definition) is 2. The lowest BCUT2D eigenvalue weighted by Crippen LogP contribution is -2.16. The van der Waals surface area contributed by atoms with Gasteiger partial charge in [-0.05, 0) is 34.5 Å². The summed E-state index contributed by atoms with van der Waals surface area (Å²) in [4.78, 5) is 14.8. The lowest BCUT2D eigenvalue weighted by Gasteiger charge is -2.06. The van der Waals surface area contributed by atoms with Gasteiger partial charge in [-0.25, -0.2) is 4.39 Å². The second-order valence-corrected chi connectivity index (χ2v) is 5.48. The predicted molar refractivity (Wildman–Crippen MR) is 79.1 cm³/mol. The molecule has 5 nitrogen and oxygen atoms in total. The number of H-pyrrole nitrogens is 1. The lowest BCUT2D eigenvalue weighted by atomic mass is 10.1. The number of nitrogens with zero attached hydrogens (tertiary/aromatic N) is 2. The van der Waals surface area contributed by atoms with E-state index in [0.717, 1.165) is 0 Å². The lowest BCUT2D eigenvalue weighted by molar-refractivity contribution is 0.427. The van der Waals surface area contributed by atoms with Crippen molar-refractivity contribution < 1.29 is 9.50 Å². The largest absolute Gasteiger partial charge is 0.493 e. The molecule has 21 heavy (non-hydrogen) atoms. The van der Waals surface area contributed by atoms with Gasteiger partial charge < -0.3 is 10.1 Å². The molecule has 0 unspecified atom stereocenters. The fourth-order valence-corrected chi connectivity index (χ4v) is 2.52. The van der Waals surface area contributed by atoms with E-state index in [1.165, 1.54) is 10.6 Å². The van der Waals surface area contributed by atoms with E-state index in [1.807, 2.05) is 0 Å². The summed E-state index contributed by atoms with van der Waals surface area (Å²) in [6, 6.07) is 6.13. The van der Waals surface area contributed by atoms with Crippen LogP contribution in [0.5, 0.6) is 5.88 Å². The van der Waals surface area contributed by atoms with E-state index >= 15 is 0 Å². The minimum atomic E-state index is -0.469. The average molecular weight is 352 g/mol. The smallest absolute Gasteiger partial charge is 0.258 e. The SMILES string of the molecule is Cc1nn2c(O)c(Cc3ccccc3F)c(=O)[nH]c2c1Br. The summed E-state index contributed by atoms with van der Waals surface area (Å²) in [7, 11) is 0. The molecule has 0 radical (unpaired) electrons. The van der Waals surface area contributed by atoms with Gasteiger partial charge in [0.15, 0.2) is 5.65 Å². The minimum Gasteiger partial charge on any atom is -0.493 e. The van der Waals surface area contributed by atoms with Crippen LogP contribution in [-0.2, 0) is 6.42 Å². The Labute approximate surface area is 127 Å². The number of aromatic amines is 1. The third-order valence-corrected chi connectivity index (χ3v) is 4.24. The molecule has 3 aromatic rings. The second-order valence-electron chi connectivity index (χ2n) is 4.68. The molecule has 2 aromatic heterocycles. The van der Waals surface area contributed by atoms with Crippen molar-refractivity contribution in [3.8, 4) is 5.88 Å². The Bertz CT molecular complexity index is 901. The third kappa shape index (κ3) is 2.23. The van der Waals surface area contributed by atoms with Crippen molar-refractivity contribution in [3.63, 3.8) is 0 Å². The Morgan fingerprint density at radius 1 is 1.43 bits per heavy atom. The summed E-state index contributed by atoms with van der Waals surface area (Å²) >= 11 is 3.30. The molecule has 0 bridgehead atoms. The molecule has 0 saturated heterocycles. The molecule has 0 amide bonds. The van der Waals surface area contributed by atoms with E-state index in [4.69, 9.17) is 0 Å². The molecule has 0 spiro atoms. The molecule has 108 valence electrons. The van der Waals surface area contributed by atoms with Gasteiger partial charge in [0.25, 0.3) is 5.56 Å². The molecule has 3 rings (SSSR count). The number of benzene rings is 1. The Kier molecular flexibility index (Phi) is 3.29. The number of aromatic hydroxyl groups is 1. The van der Waals surface area contributed by atoms with Gasteiger partial charge in [0.2, 0.25) is 5.88 Å². The fourth-order valence-electron chi connectivity index (χ4n) is 2.17. The van der Waals surface area contributed by atoms with Crippen molar-refractivity contribution in [1.29, 1.82) is 0 Å². The van der Waals surface area contributed by atoms with E-state index in [0.29, 0.717) is 21.4 Å². The number of aryl methyl sites for hydroxylation is 1. The first-order chi connectivity index (χ1) is 9.99. The highest BCUT2D eigenvalue weighted by atomic mass is 79.9. The summed E-state index contributed by atoms with van der Waals surface area (Å²) in [5.74, 6) is -0.708. The molecule has 0 aliphatic rings. The number of aromatic nitrogens is 3. The van der Waals surface area contributed by atoms with E-state index < -0.39 is 11.4 Å². The number of halogens is 2. The van der Waals surface area contributed by atoms with Crippen molar-refractivity contribution >= 4 is 21.6 Å². The van der Waals surface area contributed by atoms with Gasteiger partial charge in [0.1, 0.15) is 5.82 Å². The Balaban J connectivity index is 2.20. The molecule has 2 heterocycles. The monoisotopic (exact) mass is 351 g/mol.